The lowest BCUT2D eigenvalue weighted by Gasteiger charge is -2.22. The highest BCUT2D eigenvalue weighted by atomic mass is 19.1. The predicted molar refractivity (Wildman–Crippen MR) is 73.2 cm³/mol. The molecule has 0 heterocycles. The fourth-order valence-electron chi connectivity index (χ4n) is 2.15. The minimum Gasteiger partial charge on any atom is -0.409 e. The van der Waals surface area contributed by atoms with E-state index in [1.807, 2.05) is 0 Å². The summed E-state index contributed by atoms with van der Waals surface area (Å²) in [6.07, 6.45) is 2.18. The van der Waals surface area contributed by atoms with E-state index in [2.05, 4.69) is 5.16 Å². The number of rotatable bonds is 5. The first-order chi connectivity index (χ1) is 9.51. The van der Waals surface area contributed by atoms with Crippen molar-refractivity contribution in [2.24, 2.45) is 10.9 Å². The van der Waals surface area contributed by atoms with Gasteiger partial charge in [0.2, 0.25) is 0 Å². The number of carbonyl (C=O) groups excluding carboxylic acids is 1. The van der Waals surface area contributed by atoms with E-state index in [0.29, 0.717) is 24.1 Å². The molecular weight excluding hydrogens is 261 g/mol. The Hall–Kier alpha value is -2.11. The average Bonchev–Trinajstić information content (AvgIpc) is 3.21. The van der Waals surface area contributed by atoms with E-state index in [1.54, 1.807) is 17.9 Å². The van der Waals surface area contributed by atoms with Crippen LogP contribution in [0.2, 0.25) is 0 Å². The Morgan fingerprint density at radius 3 is 2.75 bits per heavy atom. The van der Waals surface area contributed by atoms with Gasteiger partial charge in [-0.15, -0.1) is 0 Å². The highest BCUT2D eigenvalue weighted by molar-refractivity contribution is 5.95. The van der Waals surface area contributed by atoms with Crippen LogP contribution < -0.4 is 5.73 Å². The van der Waals surface area contributed by atoms with Crippen LogP contribution in [-0.4, -0.2) is 34.4 Å². The summed E-state index contributed by atoms with van der Waals surface area (Å²) < 4.78 is 13.4. The Morgan fingerprint density at radius 1 is 1.50 bits per heavy atom. The van der Waals surface area contributed by atoms with Gasteiger partial charge in [-0.05, 0) is 43.5 Å². The zero-order chi connectivity index (χ0) is 14.7. The number of aryl methyl sites for hydroxylation is 1. The average molecular weight is 279 g/mol. The van der Waals surface area contributed by atoms with Crippen molar-refractivity contribution in [3.8, 4) is 0 Å². The van der Waals surface area contributed by atoms with Gasteiger partial charge in [-0.3, -0.25) is 4.79 Å². The van der Waals surface area contributed by atoms with E-state index in [9.17, 15) is 9.18 Å². The molecule has 1 fully saturated rings. The molecule has 0 spiro atoms. The van der Waals surface area contributed by atoms with Gasteiger partial charge in [-0.1, -0.05) is 5.16 Å². The highest BCUT2D eigenvalue weighted by Gasteiger charge is 2.33. The monoisotopic (exact) mass is 279 g/mol. The van der Waals surface area contributed by atoms with Crippen molar-refractivity contribution in [2.45, 2.75) is 32.2 Å². The molecule has 6 heteroatoms. The smallest absolute Gasteiger partial charge is 0.254 e. The number of carbonyl (C=O) groups is 1. The second-order valence-electron chi connectivity index (χ2n) is 5.09. The summed E-state index contributed by atoms with van der Waals surface area (Å²) in [4.78, 5) is 14.1. The molecule has 1 aliphatic carbocycles. The van der Waals surface area contributed by atoms with Crippen LogP contribution in [0.4, 0.5) is 4.39 Å². The van der Waals surface area contributed by atoms with Crippen LogP contribution in [0.1, 0.15) is 35.2 Å². The van der Waals surface area contributed by atoms with Crippen molar-refractivity contribution in [2.75, 3.05) is 6.54 Å². The van der Waals surface area contributed by atoms with Crippen molar-refractivity contribution < 1.29 is 14.4 Å². The third kappa shape index (κ3) is 3.46. The maximum atomic E-state index is 13.4. The molecule has 1 saturated carbocycles. The van der Waals surface area contributed by atoms with E-state index >= 15 is 0 Å². The molecule has 0 aliphatic heterocycles. The Balaban J connectivity index is 2.14. The van der Waals surface area contributed by atoms with Crippen molar-refractivity contribution in [1.82, 2.24) is 4.90 Å². The van der Waals surface area contributed by atoms with Crippen LogP contribution in [0.15, 0.2) is 23.4 Å². The minimum atomic E-state index is -0.416. The number of benzene rings is 1. The molecule has 0 unspecified atom stereocenters. The van der Waals surface area contributed by atoms with E-state index in [-0.39, 0.29) is 17.8 Å². The Labute approximate surface area is 116 Å². The first-order valence-corrected chi connectivity index (χ1v) is 6.56. The standard InChI is InChI=1S/C14H18FN3O2/c1-9-6-10(8-11(15)7-9)14(19)18(12-2-3-12)5-4-13(16)17-20/h6-8,12,20H,2-5H2,1H3,(H2,16,17). The maximum absolute atomic E-state index is 13.4. The van der Waals surface area contributed by atoms with Crippen LogP contribution in [0.5, 0.6) is 0 Å². The van der Waals surface area contributed by atoms with E-state index in [4.69, 9.17) is 10.9 Å². The second-order valence-corrected chi connectivity index (χ2v) is 5.09. The van der Waals surface area contributed by atoms with Gasteiger partial charge < -0.3 is 15.8 Å². The zero-order valence-corrected chi connectivity index (χ0v) is 11.3. The number of hydrogen-bond acceptors (Lipinski definition) is 3. The quantitative estimate of drug-likeness (QED) is 0.374. The summed E-state index contributed by atoms with van der Waals surface area (Å²) in [6, 6.07) is 4.48. The summed E-state index contributed by atoms with van der Waals surface area (Å²) in [5, 5.41) is 11.4. The molecule has 1 aromatic carbocycles. The highest BCUT2D eigenvalue weighted by Crippen LogP contribution is 2.28. The largest absolute Gasteiger partial charge is 0.409 e. The molecule has 5 nitrogen and oxygen atoms in total. The molecule has 0 bridgehead atoms. The van der Waals surface area contributed by atoms with Gasteiger partial charge in [-0.2, -0.15) is 0 Å². The van der Waals surface area contributed by atoms with Crippen molar-refractivity contribution >= 4 is 11.7 Å². The van der Waals surface area contributed by atoms with Gasteiger partial charge in [-0.25, -0.2) is 4.39 Å². The van der Waals surface area contributed by atoms with Crippen LogP contribution in [0, 0.1) is 12.7 Å². The molecule has 0 atom stereocenters. The summed E-state index contributed by atoms with van der Waals surface area (Å²) in [7, 11) is 0. The van der Waals surface area contributed by atoms with E-state index < -0.39 is 5.82 Å². The zero-order valence-electron chi connectivity index (χ0n) is 11.3. The summed E-state index contributed by atoms with van der Waals surface area (Å²) in [5.41, 5.74) is 6.48. The SMILES string of the molecule is Cc1cc(F)cc(C(=O)N(CC/C(N)=N/O)C2CC2)c1. The Kier molecular flexibility index (Phi) is 4.22. The van der Waals surface area contributed by atoms with Gasteiger partial charge >= 0.3 is 0 Å². The number of oxime groups is 1. The molecule has 20 heavy (non-hydrogen) atoms. The molecule has 108 valence electrons. The van der Waals surface area contributed by atoms with Gasteiger partial charge in [0.15, 0.2) is 0 Å². The molecule has 0 saturated heterocycles. The second kappa shape index (κ2) is 5.90. The third-order valence-corrected chi connectivity index (χ3v) is 3.27. The predicted octanol–water partition coefficient (Wildman–Crippen LogP) is 1.88. The molecule has 1 aliphatic rings. The van der Waals surface area contributed by atoms with Crippen LogP contribution in [-0.2, 0) is 0 Å². The number of nitrogens with two attached hydrogens (primary N) is 1. The Morgan fingerprint density at radius 2 is 2.20 bits per heavy atom. The summed E-state index contributed by atoms with van der Waals surface area (Å²) in [5.74, 6) is -0.541. The lowest BCUT2D eigenvalue weighted by atomic mass is 10.1. The number of hydrogen-bond donors (Lipinski definition) is 2. The molecular formula is C14H18FN3O2. The third-order valence-electron chi connectivity index (χ3n) is 3.27. The van der Waals surface area contributed by atoms with Gasteiger partial charge in [0, 0.05) is 24.6 Å². The lowest BCUT2D eigenvalue weighted by Crippen LogP contribution is -2.36. The Bertz CT molecular complexity index is 521. The van der Waals surface area contributed by atoms with Crippen LogP contribution in [0.3, 0.4) is 0 Å². The molecule has 1 aromatic rings. The molecule has 2 rings (SSSR count). The van der Waals surface area contributed by atoms with Gasteiger partial charge in [0.05, 0.1) is 0 Å². The van der Waals surface area contributed by atoms with E-state index in [0.717, 1.165) is 12.8 Å². The van der Waals surface area contributed by atoms with E-state index in [1.165, 1.54) is 12.1 Å². The number of nitrogens with zero attached hydrogens (tertiary/aromatic N) is 2. The summed E-state index contributed by atoms with van der Waals surface area (Å²) in [6.45, 7) is 2.12. The summed E-state index contributed by atoms with van der Waals surface area (Å²) >= 11 is 0. The number of amides is 1. The van der Waals surface area contributed by atoms with Crippen LogP contribution in [0.25, 0.3) is 0 Å². The van der Waals surface area contributed by atoms with Gasteiger partial charge in [0.25, 0.3) is 5.91 Å². The fourth-order valence-corrected chi connectivity index (χ4v) is 2.15. The van der Waals surface area contributed by atoms with Gasteiger partial charge in [0.1, 0.15) is 11.7 Å². The fraction of sp³-hybridized carbons (Fsp3) is 0.429. The number of amidine groups is 1. The maximum Gasteiger partial charge on any atom is 0.254 e. The lowest BCUT2D eigenvalue weighted by molar-refractivity contribution is 0.0747. The normalized spacial score (nSPS) is 15.2. The molecule has 0 radical (unpaired) electrons. The first kappa shape index (κ1) is 14.3. The molecule has 1 amide bonds. The molecule has 0 aromatic heterocycles. The topological polar surface area (TPSA) is 78.9 Å². The molecule has 3 N–H and O–H groups in total. The van der Waals surface area contributed by atoms with Crippen LogP contribution >= 0.6 is 0 Å². The minimum absolute atomic E-state index is 0.0823. The first-order valence-electron chi connectivity index (χ1n) is 6.56. The van der Waals surface area contributed by atoms with Crippen molar-refractivity contribution in [1.29, 1.82) is 0 Å². The van der Waals surface area contributed by atoms with Crippen molar-refractivity contribution in [3.05, 3.63) is 35.1 Å². The number of halogens is 1. The van der Waals surface area contributed by atoms with Crippen molar-refractivity contribution in [3.63, 3.8) is 0 Å².